The molecule has 0 atom stereocenters. The Balaban J connectivity index is 1.34. The van der Waals surface area contributed by atoms with Crippen LogP contribution in [-0.2, 0) is 0 Å². The molecule has 43 heavy (non-hydrogen) atoms. The molecule has 0 spiro atoms. The van der Waals surface area contributed by atoms with Gasteiger partial charge in [0.1, 0.15) is 0 Å². The van der Waals surface area contributed by atoms with Crippen LogP contribution in [0.2, 0.25) is 0 Å². The topological polar surface area (TPSA) is 30.2 Å². The molecule has 0 bridgehead atoms. The van der Waals surface area contributed by atoms with Crippen LogP contribution in [0.25, 0.3) is 93.2 Å². The molecule has 0 unspecified atom stereocenters. The SMILES string of the molecule is c1ccc2c(-c3nc(-c4ccc5c6c4cccc6c4cccc6c7ccccc7n5c46)nc4ccccc34)cccc2c1. The molecule has 3 aromatic heterocycles. The van der Waals surface area contributed by atoms with Gasteiger partial charge < -0.3 is 4.40 Å². The van der Waals surface area contributed by atoms with E-state index in [9.17, 15) is 0 Å². The van der Waals surface area contributed by atoms with Crippen molar-refractivity contribution in [1.82, 2.24) is 14.4 Å². The van der Waals surface area contributed by atoms with Gasteiger partial charge in [-0.2, -0.15) is 0 Å². The van der Waals surface area contributed by atoms with Crippen LogP contribution in [0.15, 0.2) is 140 Å². The quantitative estimate of drug-likeness (QED) is 0.160. The molecular weight excluding hydrogens is 522 g/mol. The molecule has 0 saturated carbocycles. The van der Waals surface area contributed by atoms with Gasteiger partial charge in [0.15, 0.2) is 5.82 Å². The Kier molecular flexibility index (Phi) is 4.45. The van der Waals surface area contributed by atoms with Crippen molar-refractivity contribution in [2.24, 2.45) is 0 Å². The molecule has 0 aliphatic rings. The van der Waals surface area contributed by atoms with Crippen molar-refractivity contribution < 1.29 is 0 Å². The summed E-state index contributed by atoms with van der Waals surface area (Å²) < 4.78 is 2.45. The first-order valence-electron chi connectivity index (χ1n) is 14.7. The average Bonchev–Trinajstić information content (AvgIpc) is 3.41. The minimum Gasteiger partial charge on any atom is -0.308 e. The molecule has 10 aromatic rings. The second-order valence-electron chi connectivity index (χ2n) is 11.4. The summed E-state index contributed by atoms with van der Waals surface area (Å²) in [6.45, 7) is 0. The number of hydrogen-bond acceptors (Lipinski definition) is 2. The molecule has 0 radical (unpaired) electrons. The van der Waals surface area contributed by atoms with E-state index in [1.165, 1.54) is 54.3 Å². The molecule has 198 valence electrons. The van der Waals surface area contributed by atoms with Crippen LogP contribution < -0.4 is 0 Å². The normalized spacial score (nSPS) is 12.2. The van der Waals surface area contributed by atoms with E-state index in [-0.39, 0.29) is 0 Å². The Morgan fingerprint density at radius 2 is 1.05 bits per heavy atom. The first kappa shape index (κ1) is 22.8. The van der Waals surface area contributed by atoms with E-state index in [2.05, 4.69) is 144 Å². The lowest BCUT2D eigenvalue weighted by atomic mass is 9.95. The molecular formula is C40H23N3. The highest BCUT2D eigenvalue weighted by Crippen LogP contribution is 2.43. The van der Waals surface area contributed by atoms with Gasteiger partial charge >= 0.3 is 0 Å². The standard InChI is InChI=1S/C40H23N3/c1-2-12-25-24(10-1)11-7-17-29(25)38-33-14-3-5-20-34(33)41-40(42-38)32-22-23-36-37-27(15-8-16-28(32)37)31-19-9-18-30-26-13-4-6-21-35(26)43(36)39(30)31/h1-23H. The van der Waals surface area contributed by atoms with E-state index in [0.717, 1.165) is 38.9 Å². The van der Waals surface area contributed by atoms with Gasteiger partial charge in [0, 0.05) is 38.1 Å². The molecule has 3 heteroatoms. The zero-order chi connectivity index (χ0) is 28.1. The van der Waals surface area contributed by atoms with E-state index in [4.69, 9.17) is 9.97 Å². The van der Waals surface area contributed by atoms with Crippen LogP contribution >= 0.6 is 0 Å². The van der Waals surface area contributed by atoms with Crippen LogP contribution in [0.1, 0.15) is 0 Å². The maximum atomic E-state index is 5.35. The highest BCUT2D eigenvalue weighted by Gasteiger charge is 2.20. The Morgan fingerprint density at radius 1 is 0.395 bits per heavy atom. The van der Waals surface area contributed by atoms with Crippen molar-refractivity contribution in [1.29, 1.82) is 0 Å². The summed E-state index contributed by atoms with van der Waals surface area (Å²) in [6.07, 6.45) is 0. The number of nitrogens with zero attached hydrogens (tertiary/aromatic N) is 3. The van der Waals surface area contributed by atoms with Crippen molar-refractivity contribution in [3.63, 3.8) is 0 Å². The minimum absolute atomic E-state index is 0.742. The summed E-state index contributed by atoms with van der Waals surface area (Å²) >= 11 is 0. The maximum Gasteiger partial charge on any atom is 0.161 e. The zero-order valence-electron chi connectivity index (χ0n) is 23.1. The number of rotatable bonds is 2. The minimum atomic E-state index is 0.742. The summed E-state index contributed by atoms with van der Waals surface area (Å²) in [6, 6.07) is 49.9. The zero-order valence-corrected chi connectivity index (χ0v) is 23.1. The van der Waals surface area contributed by atoms with Gasteiger partial charge in [-0.15, -0.1) is 0 Å². The molecule has 0 fully saturated rings. The summed E-state index contributed by atoms with van der Waals surface area (Å²) in [5, 5.41) is 10.9. The van der Waals surface area contributed by atoms with Crippen molar-refractivity contribution >= 4 is 70.5 Å². The monoisotopic (exact) mass is 545 g/mol. The van der Waals surface area contributed by atoms with Gasteiger partial charge in [0.25, 0.3) is 0 Å². The van der Waals surface area contributed by atoms with Crippen LogP contribution in [0.5, 0.6) is 0 Å². The van der Waals surface area contributed by atoms with Gasteiger partial charge in [-0.1, -0.05) is 115 Å². The van der Waals surface area contributed by atoms with Gasteiger partial charge in [0.2, 0.25) is 0 Å². The van der Waals surface area contributed by atoms with E-state index < -0.39 is 0 Å². The first-order chi connectivity index (χ1) is 21.3. The smallest absolute Gasteiger partial charge is 0.161 e. The van der Waals surface area contributed by atoms with E-state index in [0.29, 0.717) is 0 Å². The molecule has 10 rings (SSSR count). The number of pyridine rings is 1. The second-order valence-corrected chi connectivity index (χ2v) is 11.4. The second kappa shape index (κ2) is 8.37. The highest BCUT2D eigenvalue weighted by atomic mass is 14.9. The van der Waals surface area contributed by atoms with Gasteiger partial charge in [-0.25, -0.2) is 9.97 Å². The van der Waals surface area contributed by atoms with E-state index >= 15 is 0 Å². The Labute approximate surface area is 246 Å². The predicted octanol–water partition coefficient (Wildman–Crippen LogP) is 10.4. The number of benzene rings is 7. The number of aromatic nitrogens is 3. The molecule has 3 heterocycles. The van der Waals surface area contributed by atoms with Gasteiger partial charge in [-0.05, 0) is 45.8 Å². The molecule has 0 N–H and O–H groups in total. The van der Waals surface area contributed by atoms with Crippen LogP contribution in [0, 0.1) is 0 Å². The summed E-state index contributed by atoms with van der Waals surface area (Å²) in [5.41, 5.74) is 7.77. The number of hydrogen-bond donors (Lipinski definition) is 0. The third-order valence-electron chi connectivity index (χ3n) is 9.13. The fourth-order valence-electron chi connectivity index (χ4n) is 7.31. The lowest BCUT2D eigenvalue weighted by Crippen LogP contribution is -1.98. The van der Waals surface area contributed by atoms with Crippen molar-refractivity contribution in [2.45, 2.75) is 0 Å². The summed E-state index contributed by atoms with van der Waals surface area (Å²) in [4.78, 5) is 10.5. The third kappa shape index (κ3) is 3.03. The van der Waals surface area contributed by atoms with Crippen molar-refractivity contribution in [3.05, 3.63) is 140 Å². The number of para-hydroxylation sites is 3. The summed E-state index contributed by atoms with van der Waals surface area (Å²) in [5.74, 6) is 0.742. The van der Waals surface area contributed by atoms with Crippen LogP contribution in [-0.4, -0.2) is 14.4 Å². The van der Waals surface area contributed by atoms with Crippen molar-refractivity contribution in [2.75, 3.05) is 0 Å². The molecule has 0 saturated heterocycles. The Bertz CT molecular complexity index is 2730. The number of fused-ring (bicyclic) bond motifs is 7. The molecule has 0 aliphatic carbocycles. The molecule has 7 aromatic carbocycles. The fraction of sp³-hybridized carbons (Fsp3) is 0. The van der Waals surface area contributed by atoms with Crippen LogP contribution in [0.4, 0.5) is 0 Å². The van der Waals surface area contributed by atoms with Crippen molar-refractivity contribution in [3.8, 4) is 22.6 Å². The molecule has 0 amide bonds. The lowest BCUT2D eigenvalue weighted by Gasteiger charge is -2.16. The first-order valence-corrected chi connectivity index (χ1v) is 14.7. The van der Waals surface area contributed by atoms with Crippen LogP contribution in [0.3, 0.4) is 0 Å². The highest BCUT2D eigenvalue weighted by molar-refractivity contribution is 6.28. The van der Waals surface area contributed by atoms with E-state index in [1.807, 2.05) is 0 Å². The summed E-state index contributed by atoms with van der Waals surface area (Å²) in [7, 11) is 0. The van der Waals surface area contributed by atoms with E-state index in [1.54, 1.807) is 0 Å². The predicted molar refractivity (Wildman–Crippen MR) is 180 cm³/mol. The van der Waals surface area contributed by atoms with Gasteiger partial charge in [-0.3, -0.25) is 0 Å². The lowest BCUT2D eigenvalue weighted by molar-refractivity contribution is 1.24. The Hall–Kier alpha value is -5.80. The fourth-order valence-corrected chi connectivity index (χ4v) is 7.31. The van der Waals surface area contributed by atoms with Gasteiger partial charge in [0.05, 0.1) is 27.8 Å². The maximum absolute atomic E-state index is 5.35. The molecule has 3 nitrogen and oxygen atoms in total. The third-order valence-corrected chi connectivity index (χ3v) is 9.13. The Morgan fingerprint density at radius 3 is 1.95 bits per heavy atom. The largest absolute Gasteiger partial charge is 0.308 e. The molecule has 0 aliphatic heterocycles. The average molecular weight is 546 g/mol.